The van der Waals surface area contributed by atoms with E-state index in [0.717, 1.165) is 0 Å². The number of cyclic esters (lactones) is 1. The van der Waals surface area contributed by atoms with E-state index in [4.69, 9.17) is 0 Å². The molecule has 3 heteroatoms. The zero-order valence-corrected chi connectivity index (χ0v) is 3.59. The van der Waals surface area contributed by atoms with E-state index in [2.05, 4.69) is 4.74 Å². The number of rotatable bonds is 1. The van der Waals surface area contributed by atoms with Gasteiger partial charge < -0.3 is 4.74 Å². The molecular formula is C4H4O3. The van der Waals surface area contributed by atoms with E-state index < -0.39 is 6.10 Å². The third-order valence-electron chi connectivity index (χ3n) is 0.802. The first-order valence-electron chi connectivity index (χ1n) is 1.97. The lowest BCUT2D eigenvalue weighted by Crippen LogP contribution is -2.33. The number of carbonyl (C=O) groups is 2. The van der Waals surface area contributed by atoms with Gasteiger partial charge in [0.05, 0.1) is 6.42 Å². The van der Waals surface area contributed by atoms with Crippen molar-refractivity contribution in [3.8, 4) is 0 Å². The summed E-state index contributed by atoms with van der Waals surface area (Å²) in [5.74, 6) is -0.280. The highest BCUT2D eigenvalue weighted by molar-refractivity contribution is 5.82. The molecule has 1 rings (SSSR count). The van der Waals surface area contributed by atoms with Crippen LogP contribution in [0.3, 0.4) is 0 Å². The Hall–Kier alpha value is -0.860. The summed E-state index contributed by atoms with van der Waals surface area (Å²) in [6, 6.07) is 0. The Balaban J connectivity index is 2.29. The Morgan fingerprint density at radius 1 is 1.86 bits per heavy atom. The van der Waals surface area contributed by atoms with Crippen molar-refractivity contribution in [2.75, 3.05) is 0 Å². The van der Waals surface area contributed by atoms with Gasteiger partial charge in [-0.2, -0.15) is 0 Å². The second-order valence-electron chi connectivity index (χ2n) is 1.37. The van der Waals surface area contributed by atoms with Gasteiger partial charge in [0.15, 0.2) is 12.4 Å². The van der Waals surface area contributed by atoms with E-state index in [1.807, 2.05) is 0 Å². The highest BCUT2D eigenvalue weighted by Gasteiger charge is 2.26. The van der Waals surface area contributed by atoms with Gasteiger partial charge in [-0.3, -0.25) is 9.59 Å². The van der Waals surface area contributed by atoms with E-state index in [0.29, 0.717) is 6.29 Å². The largest absolute Gasteiger partial charge is 0.454 e. The molecule has 1 heterocycles. The molecule has 1 fully saturated rings. The van der Waals surface area contributed by atoms with Crippen LogP contribution in [0.5, 0.6) is 0 Å². The average molecular weight is 100 g/mol. The topological polar surface area (TPSA) is 43.4 Å². The SMILES string of the molecule is O=C[C@H]1CC(=O)O1. The molecule has 1 atom stereocenters. The zero-order chi connectivity index (χ0) is 5.28. The molecule has 1 aliphatic heterocycles. The smallest absolute Gasteiger partial charge is 0.310 e. The highest BCUT2D eigenvalue weighted by atomic mass is 16.6. The maximum absolute atomic E-state index is 9.89. The average Bonchev–Trinajstić information content (AvgIpc) is 1.58. The highest BCUT2D eigenvalue weighted by Crippen LogP contribution is 2.08. The Kier molecular flexibility index (Phi) is 0.817. The minimum absolute atomic E-state index is 0.267. The van der Waals surface area contributed by atoms with Crippen molar-refractivity contribution < 1.29 is 14.3 Å². The third-order valence-corrected chi connectivity index (χ3v) is 0.802. The van der Waals surface area contributed by atoms with Crippen LogP contribution in [-0.2, 0) is 14.3 Å². The Labute approximate surface area is 40.3 Å². The fraction of sp³-hybridized carbons (Fsp3) is 0.500. The van der Waals surface area contributed by atoms with Crippen molar-refractivity contribution in [3.63, 3.8) is 0 Å². The predicted octanol–water partition coefficient (Wildman–Crippen LogP) is -0.499. The van der Waals surface area contributed by atoms with Gasteiger partial charge in [-0.25, -0.2) is 0 Å². The minimum atomic E-state index is -0.438. The van der Waals surface area contributed by atoms with E-state index in [9.17, 15) is 9.59 Å². The van der Waals surface area contributed by atoms with E-state index in [1.54, 1.807) is 0 Å². The summed E-state index contributed by atoms with van der Waals surface area (Å²) in [7, 11) is 0. The lowest BCUT2D eigenvalue weighted by molar-refractivity contribution is -0.170. The second-order valence-corrected chi connectivity index (χ2v) is 1.37. The fourth-order valence-corrected chi connectivity index (χ4v) is 0.399. The summed E-state index contributed by atoms with van der Waals surface area (Å²) in [6.45, 7) is 0. The van der Waals surface area contributed by atoms with E-state index >= 15 is 0 Å². The molecule has 0 amide bonds. The maximum Gasteiger partial charge on any atom is 0.310 e. The van der Waals surface area contributed by atoms with Crippen molar-refractivity contribution >= 4 is 12.3 Å². The molecule has 0 aromatic carbocycles. The van der Waals surface area contributed by atoms with Crippen molar-refractivity contribution in [1.82, 2.24) is 0 Å². The van der Waals surface area contributed by atoms with Crippen molar-refractivity contribution in [3.05, 3.63) is 0 Å². The molecule has 3 nitrogen and oxygen atoms in total. The number of esters is 1. The second kappa shape index (κ2) is 1.33. The number of aldehydes is 1. The van der Waals surface area contributed by atoms with Crippen LogP contribution in [0.15, 0.2) is 0 Å². The standard InChI is InChI=1S/C4H4O3/c5-2-3-1-4(6)7-3/h2-3H,1H2/t3-/m1/s1. The summed E-state index contributed by atoms with van der Waals surface area (Å²) < 4.78 is 4.28. The molecule has 38 valence electrons. The van der Waals surface area contributed by atoms with Gasteiger partial charge in [0, 0.05) is 0 Å². The maximum atomic E-state index is 9.89. The number of ether oxygens (including phenoxy) is 1. The van der Waals surface area contributed by atoms with Crippen LogP contribution in [0.2, 0.25) is 0 Å². The molecular weight excluding hydrogens is 96.0 g/mol. The van der Waals surface area contributed by atoms with Gasteiger partial charge in [0.25, 0.3) is 0 Å². The first-order valence-corrected chi connectivity index (χ1v) is 1.97. The fourth-order valence-electron chi connectivity index (χ4n) is 0.399. The summed E-state index contributed by atoms with van der Waals surface area (Å²) >= 11 is 0. The summed E-state index contributed by atoms with van der Waals surface area (Å²) in [5, 5.41) is 0. The summed E-state index contributed by atoms with van der Waals surface area (Å²) in [4.78, 5) is 19.5. The van der Waals surface area contributed by atoms with E-state index in [1.165, 1.54) is 0 Å². The van der Waals surface area contributed by atoms with Crippen LogP contribution in [0, 0.1) is 0 Å². The molecule has 0 unspecified atom stereocenters. The number of hydrogen-bond donors (Lipinski definition) is 0. The van der Waals surface area contributed by atoms with Crippen molar-refractivity contribution in [1.29, 1.82) is 0 Å². The van der Waals surface area contributed by atoms with Crippen LogP contribution in [0.4, 0.5) is 0 Å². The molecule has 1 aliphatic rings. The molecule has 7 heavy (non-hydrogen) atoms. The van der Waals surface area contributed by atoms with E-state index in [-0.39, 0.29) is 12.4 Å². The molecule has 0 aromatic heterocycles. The van der Waals surface area contributed by atoms with Crippen LogP contribution < -0.4 is 0 Å². The van der Waals surface area contributed by atoms with Gasteiger partial charge in [-0.15, -0.1) is 0 Å². The Morgan fingerprint density at radius 3 is 2.57 bits per heavy atom. The molecule has 0 spiro atoms. The van der Waals surface area contributed by atoms with Gasteiger partial charge >= 0.3 is 5.97 Å². The Morgan fingerprint density at radius 2 is 2.43 bits per heavy atom. The first kappa shape index (κ1) is 4.30. The Bertz CT molecular complexity index is 99.5. The molecule has 0 saturated carbocycles. The predicted molar refractivity (Wildman–Crippen MR) is 20.6 cm³/mol. The van der Waals surface area contributed by atoms with Crippen LogP contribution in [0.25, 0.3) is 0 Å². The third kappa shape index (κ3) is 0.607. The van der Waals surface area contributed by atoms with Crippen LogP contribution >= 0.6 is 0 Å². The van der Waals surface area contributed by atoms with Gasteiger partial charge in [-0.05, 0) is 0 Å². The first-order chi connectivity index (χ1) is 3.33. The van der Waals surface area contributed by atoms with Gasteiger partial charge in [0.1, 0.15) is 0 Å². The van der Waals surface area contributed by atoms with Crippen LogP contribution in [0.1, 0.15) is 6.42 Å². The molecule has 0 bridgehead atoms. The lowest BCUT2D eigenvalue weighted by atomic mass is 10.2. The normalized spacial score (nSPS) is 28.0. The summed E-state index contributed by atoms with van der Waals surface area (Å²) in [5.41, 5.74) is 0. The molecule has 1 saturated heterocycles. The molecule has 0 N–H and O–H groups in total. The number of carbonyl (C=O) groups excluding carboxylic acids is 2. The summed E-state index contributed by atoms with van der Waals surface area (Å²) in [6.07, 6.45) is 0.456. The molecule has 0 radical (unpaired) electrons. The van der Waals surface area contributed by atoms with Gasteiger partial charge in [0.2, 0.25) is 0 Å². The minimum Gasteiger partial charge on any atom is -0.454 e. The quantitative estimate of drug-likeness (QED) is 0.329. The van der Waals surface area contributed by atoms with Crippen molar-refractivity contribution in [2.24, 2.45) is 0 Å². The number of hydrogen-bond acceptors (Lipinski definition) is 3. The lowest BCUT2D eigenvalue weighted by Gasteiger charge is -2.18. The monoisotopic (exact) mass is 100 g/mol. The zero-order valence-electron chi connectivity index (χ0n) is 3.59. The van der Waals surface area contributed by atoms with Gasteiger partial charge in [-0.1, -0.05) is 0 Å². The molecule has 0 aliphatic carbocycles. The van der Waals surface area contributed by atoms with Crippen LogP contribution in [-0.4, -0.2) is 18.4 Å². The molecule has 0 aromatic rings. The van der Waals surface area contributed by atoms with Crippen molar-refractivity contribution in [2.45, 2.75) is 12.5 Å².